The molecule has 0 aromatic heterocycles. The number of nitrogens with two attached hydrogens (primary N) is 1. The standard InChI is InChI=1S/C20H24N4O3/c1-13-3-7-16(8-4-13)18(23-14(2)25)11-19(26)22-12-15-5-9-17(10-6-15)24-20(21)27/h3-10,18H,11-12H2,1-2H3,(H,22,26)(H,23,25)(H3,21,24,27)/t18-/m1/s1. The van der Waals surface area contributed by atoms with Gasteiger partial charge in [0.25, 0.3) is 0 Å². The number of hydrogen-bond acceptors (Lipinski definition) is 3. The lowest BCUT2D eigenvalue weighted by atomic mass is 10.0. The molecule has 0 radical (unpaired) electrons. The Morgan fingerprint density at radius 3 is 2.19 bits per heavy atom. The van der Waals surface area contributed by atoms with E-state index in [1.54, 1.807) is 24.3 Å². The lowest BCUT2D eigenvalue weighted by Crippen LogP contribution is -2.32. The van der Waals surface area contributed by atoms with Gasteiger partial charge in [-0.1, -0.05) is 42.0 Å². The average Bonchev–Trinajstić information content (AvgIpc) is 2.60. The van der Waals surface area contributed by atoms with E-state index in [-0.39, 0.29) is 24.3 Å². The van der Waals surface area contributed by atoms with Gasteiger partial charge in [-0.25, -0.2) is 4.79 Å². The summed E-state index contributed by atoms with van der Waals surface area (Å²) in [6.07, 6.45) is 0.143. The van der Waals surface area contributed by atoms with E-state index >= 15 is 0 Å². The van der Waals surface area contributed by atoms with Crippen LogP contribution in [0.4, 0.5) is 10.5 Å². The number of carbonyl (C=O) groups excluding carboxylic acids is 3. The van der Waals surface area contributed by atoms with Crippen LogP contribution in [-0.4, -0.2) is 17.8 Å². The molecule has 0 saturated carbocycles. The van der Waals surface area contributed by atoms with Gasteiger partial charge in [0.1, 0.15) is 0 Å². The minimum Gasteiger partial charge on any atom is -0.352 e. The average molecular weight is 368 g/mol. The Balaban J connectivity index is 1.94. The van der Waals surface area contributed by atoms with Crippen LogP contribution < -0.4 is 21.7 Å². The zero-order valence-corrected chi connectivity index (χ0v) is 15.4. The Kier molecular flexibility index (Phi) is 6.93. The predicted molar refractivity (Wildman–Crippen MR) is 104 cm³/mol. The summed E-state index contributed by atoms with van der Waals surface area (Å²) in [6.45, 7) is 3.76. The SMILES string of the molecule is CC(=O)N[C@H](CC(=O)NCc1ccc(NC(N)=O)cc1)c1ccc(C)cc1. The minimum absolute atomic E-state index is 0.143. The predicted octanol–water partition coefficient (Wildman–Crippen LogP) is 2.37. The normalized spacial score (nSPS) is 11.3. The van der Waals surface area contributed by atoms with Crippen LogP contribution >= 0.6 is 0 Å². The summed E-state index contributed by atoms with van der Waals surface area (Å²) in [6, 6.07) is 13.7. The van der Waals surface area contributed by atoms with Crippen LogP contribution in [-0.2, 0) is 16.1 Å². The van der Waals surface area contributed by atoms with Crippen LogP contribution in [0.25, 0.3) is 0 Å². The largest absolute Gasteiger partial charge is 0.352 e. The molecule has 0 aliphatic heterocycles. The summed E-state index contributed by atoms with van der Waals surface area (Å²) in [5.74, 6) is -0.362. The van der Waals surface area contributed by atoms with E-state index in [2.05, 4.69) is 16.0 Å². The Morgan fingerprint density at radius 1 is 1.00 bits per heavy atom. The van der Waals surface area contributed by atoms with Gasteiger partial charge in [0.2, 0.25) is 11.8 Å². The quantitative estimate of drug-likeness (QED) is 0.601. The molecule has 0 aliphatic rings. The number of rotatable bonds is 7. The van der Waals surface area contributed by atoms with E-state index in [0.717, 1.165) is 16.7 Å². The molecule has 0 aliphatic carbocycles. The van der Waals surface area contributed by atoms with Crippen molar-refractivity contribution < 1.29 is 14.4 Å². The summed E-state index contributed by atoms with van der Waals surface area (Å²) in [5, 5.41) is 8.13. The van der Waals surface area contributed by atoms with Gasteiger partial charge in [-0.05, 0) is 30.2 Å². The van der Waals surface area contributed by atoms with Gasteiger partial charge >= 0.3 is 6.03 Å². The second kappa shape index (κ2) is 9.38. The molecule has 142 valence electrons. The molecule has 7 nitrogen and oxygen atoms in total. The summed E-state index contributed by atoms with van der Waals surface area (Å²) >= 11 is 0. The molecule has 4 amide bonds. The highest BCUT2D eigenvalue weighted by Gasteiger charge is 2.17. The van der Waals surface area contributed by atoms with Crippen molar-refractivity contribution in [1.82, 2.24) is 10.6 Å². The number of urea groups is 1. The lowest BCUT2D eigenvalue weighted by molar-refractivity contribution is -0.122. The Morgan fingerprint density at radius 2 is 1.63 bits per heavy atom. The van der Waals surface area contributed by atoms with E-state index in [9.17, 15) is 14.4 Å². The smallest absolute Gasteiger partial charge is 0.316 e. The third kappa shape index (κ3) is 6.81. The first-order chi connectivity index (χ1) is 12.8. The molecular weight excluding hydrogens is 344 g/mol. The number of aryl methyl sites for hydroxylation is 1. The first-order valence-electron chi connectivity index (χ1n) is 8.59. The molecule has 5 N–H and O–H groups in total. The molecule has 0 unspecified atom stereocenters. The van der Waals surface area contributed by atoms with Crippen LogP contribution in [0.2, 0.25) is 0 Å². The first kappa shape index (κ1) is 20.0. The second-order valence-electron chi connectivity index (χ2n) is 6.33. The molecule has 0 fully saturated rings. The number of anilines is 1. The first-order valence-corrected chi connectivity index (χ1v) is 8.59. The van der Waals surface area contributed by atoms with Crippen molar-refractivity contribution >= 4 is 23.5 Å². The fourth-order valence-corrected chi connectivity index (χ4v) is 2.60. The van der Waals surface area contributed by atoms with Crippen molar-refractivity contribution in [2.45, 2.75) is 32.9 Å². The number of carbonyl (C=O) groups is 3. The van der Waals surface area contributed by atoms with Crippen molar-refractivity contribution in [3.63, 3.8) is 0 Å². The highest BCUT2D eigenvalue weighted by molar-refractivity contribution is 5.87. The Labute approximate surface area is 158 Å². The maximum absolute atomic E-state index is 12.3. The molecule has 2 rings (SSSR count). The maximum atomic E-state index is 12.3. The number of amides is 4. The van der Waals surface area contributed by atoms with Crippen molar-refractivity contribution in [2.24, 2.45) is 5.73 Å². The topological polar surface area (TPSA) is 113 Å². The van der Waals surface area contributed by atoms with Crippen LogP contribution in [0.5, 0.6) is 0 Å². The van der Waals surface area contributed by atoms with E-state index < -0.39 is 6.03 Å². The second-order valence-corrected chi connectivity index (χ2v) is 6.33. The highest BCUT2D eigenvalue weighted by Crippen LogP contribution is 2.18. The molecule has 27 heavy (non-hydrogen) atoms. The van der Waals surface area contributed by atoms with Crippen LogP contribution in [0.1, 0.15) is 36.1 Å². The fourth-order valence-electron chi connectivity index (χ4n) is 2.60. The molecule has 2 aromatic carbocycles. The summed E-state index contributed by atoms with van der Waals surface area (Å²) in [7, 11) is 0. The molecule has 0 bridgehead atoms. The molecule has 0 heterocycles. The molecular formula is C20H24N4O3. The molecule has 7 heteroatoms. The number of nitrogens with one attached hydrogen (secondary N) is 3. The van der Waals surface area contributed by atoms with Crippen LogP contribution in [0.3, 0.4) is 0 Å². The third-order valence-corrected chi connectivity index (χ3v) is 3.96. The van der Waals surface area contributed by atoms with E-state index in [4.69, 9.17) is 5.73 Å². The highest BCUT2D eigenvalue weighted by atomic mass is 16.2. The lowest BCUT2D eigenvalue weighted by Gasteiger charge is -2.18. The van der Waals surface area contributed by atoms with E-state index in [1.807, 2.05) is 31.2 Å². The van der Waals surface area contributed by atoms with Crippen molar-refractivity contribution in [1.29, 1.82) is 0 Å². The minimum atomic E-state index is -0.629. The van der Waals surface area contributed by atoms with Crippen molar-refractivity contribution in [3.8, 4) is 0 Å². The van der Waals surface area contributed by atoms with Gasteiger partial charge in [0.05, 0.1) is 12.5 Å². The van der Waals surface area contributed by atoms with Gasteiger partial charge in [-0.3, -0.25) is 9.59 Å². The van der Waals surface area contributed by atoms with Crippen molar-refractivity contribution in [3.05, 3.63) is 65.2 Å². The summed E-state index contributed by atoms with van der Waals surface area (Å²) < 4.78 is 0. The molecule has 0 spiro atoms. The van der Waals surface area contributed by atoms with Gasteiger partial charge in [0.15, 0.2) is 0 Å². The van der Waals surface area contributed by atoms with Crippen molar-refractivity contribution in [2.75, 3.05) is 5.32 Å². The maximum Gasteiger partial charge on any atom is 0.316 e. The monoisotopic (exact) mass is 368 g/mol. The summed E-state index contributed by atoms with van der Waals surface area (Å²) in [5.41, 5.74) is 8.52. The Bertz CT molecular complexity index is 801. The van der Waals surface area contributed by atoms with E-state index in [1.165, 1.54) is 6.92 Å². The van der Waals surface area contributed by atoms with Crippen LogP contribution in [0, 0.1) is 6.92 Å². The van der Waals surface area contributed by atoms with Gasteiger partial charge < -0.3 is 21.7 Å². The Hall–Kier alpha value is -3.35. The number of hydrogen-bond donors (Lipinski definition) is 4. The fraction of sp³-hybridized carbons (Fsp3) is 0.250. The third-order valence-electron chi connectivity index (χ3n) is 3.96. The zero-order chi connectivity index (χ0) is 19.8. The van der Waals surface area contributed by atoms with Crippen LogP contribution in [0.15, 0.2) is 48.5 Å². The molecule has 0 saturated heterocycles. The summed E-state index contributed by atoms with van der Waals surface area (Å²) in [4.78, 5) is 34.6. The van der Waals surface area contributed by atoms with Gasteiger partial charge in [-0.15, -0.1) is 0 Å². The molecule has 1 atom stereocenters. The number of benzene rings is 2. The van der Waals surface area contributed by atoms with Gasteiger partial charge in [0, 0.05) is 19.2 Å². The zero-order valence-electron chi connectivity index (χ0n) is 15.4. The number of primary amides is 1. The van der Waals surface area contributed by atoms with Gasteiger partial charge in [-0.2, -0.15) is 0 Å². The molecule has 2 aromatic rings. The van der Waals surface area contributed by atoms with E-state index in [0.29, 0.717) is 12.2 Å².